The molecule has 3 N–H and O–H groups in total. The van der Waals surface area contributed by atoms with Crippen LogP contribution in [0.2, 0.25) is 0 Å². The van der Waals surface area contributed by atoms with Gasteiger partial charge in [-0.25, -0.2) is 4.98 Å². The van der Waals surface area contributed by atoms with Crippen molar-refractivity contribution in [3.63, 3.8) is 0 Å². The van der Waals surface area contributed by atoms with E-state index in [4.69, 9.17) is 5.73 Å². The number of H-pyrrole nitrogens is 1. The zero-order valence-corrected chi connectivity index (χ0v) is 11.8. The third-order valence-corrected chi connectivity index (χ3v) is 3.81. The van der Waals surface area contributed by atoms with Crippen LogP contribution in [0.15, 0.2) is 23.0 Å². The van der Waals surface area contributed by atoms with E-state index in [0.717, 1.165) is 6.42 Å². The van der Waals surface area contributed by atoms with E-state index in [1.54, 1.807) is 18.2 Å². The number of anilines is 2. The van der Waals surface area contributed by atoms with E-state index in [-0.39, 0.29) is 11.1 Å². The standard InChI is InChI=1S/C14H20N4O/c1-5-14(2,3)18(4)13-16-11-7-6-9(15)8-10(11)12(19)17-13/h6-8H,5,15H2,1-4H3,(H,16,17,19). The molecule has 0 aliphatic heterocycles. The summed E-state index contributed by atoms with van der Waals surface area (Å²) in [5.41, 5.74) is 6.68. The molecule has 0 aliphatic rings. The van der Waals surface area contributed by atoms with E-state index >= 15 is 0 Å². The van der Waals surface area contributed by atoms with Gasteiger partial charge in [0.25, 0.3) is 5.56 Å². The first-order chi connectivity index (χ1) is 8.85. The van der Waals surface area contributed by atoms with Crippen molar-refractivity contribution in [3.05, 3.63) is 28.6 Å². The number of nitrogen functional groups attached to an aromatic ring is 1. The molecular formula is C14H20N4O. The predicted octanol–water partition coefficient (Wildman–Crippen LogP) is 2.13. The lowest BCUT2D eigenvalue weighted by Crippen LogP contribution is -2.42. The molecule has 0 fully saturated rings. The van der Waals surface area contributed by atoms with E-state index in [9.17, 15) is 4.79 Å². The van der Waals surface area contributed by atoms with Crippen LogP contribution in [0.25, 0.3) is 10.9 Å². The Hall–Kier alpha value is -2.04. The van der Waals surface area contributed by atoms with Crippen LogP contribution in [0.1, 0.15) is 27.2 Å². The highest BCUT2D eigenvalue weighted by Gasteiger charge is 2.23. The maximum absolute atomic E-state index is 12.1. The molecule has 1 heterocycles. The molecule has 0 amide bonds. The van der Waals surface area contributed by atoms with Crippen LogP contribution in [0.3, 0.4) is 0 Å². The van der Waals surface area contributed by atoms with Crippen LogP contribution in [0.4, 0.5) is 11.6 Å². The van der Waals surface area contributed by atoms with Crippen molar-refractivity contribution in [3.8, 4) is 0 Å². The van der Waals surface area contributed by atoms with Crippen LogP contribution in [-0.4, -0.2) is 22.6 Å². The van der Waals surface area contributed by atoms with Crippen molar-refractivity contribution < 1.29 is 0 Å². The predicted molar refractivity (Wildman–Crippen MR) is 79.5 cm³/mol. The van der Waals surface area contributed by atoms with Crippen LogP contribution in [-0.2, 0) is 0 Å². The Morgan fingerprint density at radius 1 is 1.42 bits per heavy atom. The van der Waals surface area contributed by atoms with Gasteiger partial charge in [0.15, 0.2) is 0 Å². The first-order valence-corrected chi connectivity index (χ1v) is 6.38. The summed E-state index contributed by atoms with van der Waals surface area (Å²) < 4.78 is 0. The second kappa shape index (κ2) is 4.57. The molecule has 102 valence electrons. The highest BCUT2D eigenvalue weighted by Crippen LogP contribution is 2.22. The number of nitrogens with one attached hydrogen (secondary N) is 1. The van der Waals surface area contributed by atoms with Crippen LogP contribution in [0.5, 0.6) is 0 Å². The van der Waals surface area contributed by atoms with Gasteiger partial charge in [-0.15, -0.1) is 0 Å². The quantitative estimate of drug-likeness (QED) is 0.829. The van der Waals surface area contributed by atoms with Crippen molar-refractivity contribution >= 4 is 22.5 Å². The summed E-state index contributed by atoms with van der Waals surface area (Å²) in [6.45, 7) is 6.33. The van der Waals surface area contributed by atoms with Gasteiger partial charge in [-0.3, -0.25) is 9.78 Å². The van der Waals surface area contributed by atoms with Gasteiger partial charge in [0.05, 0.1) is 10.9 Å². The molecule has 5 nitrogen and oxygen atoms in total. The summed E-state index contributed by atoms with van der Waals surface area (Å²) in [6.07, 6.45) is 0.951. The second-order valence-corrected chi connectivity index (χ2v) is 5.39. The van der Waals surface area contributed by atoms with E-state index < -0.39 is 0 Å². The van der Waals surface area contributed by atoms with Crippen LogP contribution in [0, 0.1) is 0 Å². The van der Waals surface area contributed by atoms with Gasteiger partial charge in [0.2, 0.25) is 5.95 Å². The first-order valence-electron chi connectivity index (χ1n) is 6.38. The Balaban J connectivity index is 2.59. The average molecular weight is 260 g/mol. The van der Waals surface area contributed by atoms with Gasteiger partial charge < -0.3 is 10.6 Å². The molecule has 1 aromatic carbocycles. The van der Waals surface area contributed by atoms with E-state index in [1.165, 1.54) is 0 Å². The second-order valence-electron chi connectivity index (χ2n) is 5.39. The fourth-order valence-electron chi connectivity index (χ4n) is 1.83. The third-order valence-electron chi connectivity index (χ3n) is 3.81. The molecule has 2 aromatic rings. The van der Waals surface area contributed by atoms with E-state index in [0.29, 0.717) is 22.5 Å². The lowest BCUT2D eigenvalue weighted by molar-refractivity contribution is 0.463. The summed E-state index contributed by atoms with van der Waals surface area (Å²) >= 11 is 0. The Kier molecular flexibility index (Phi) is 3.22. The molecule has 0 atom stereocenters. The third kappa shape index (κ3) is 2.41. The molecule has 5 heteroatoms. The zero-order chi connectivity index (χ0) is 14.2. The van der Waals surface area contributed by atoms with Gasteiger partial charge in [0, 0.05) is 18.3 Å². The van der Waals surface area contributed by atoms with Crippen molar-refractivity contribution in [2.75, 3.05) is 17.7 Å². The number of nitrogens with two attached hydrogens (primary N) is 1. The number of rotatable bonds is 3. The summed E-state index contributed by atoms with van der Waals surface area (Å²) in [5, 5.41) is 0.520. The summed E-state index contributed by atoms with van der Waals surface area (Å²) in [7, 11) is 1.94. The molecule has 2 rings (SSSR count). The maximum Gasteiger partial charge on any atom is 0.260 e. The molecule has 0 unspecified atom stereocenters. The summed E-state index contributed by atoms with van der Waals surface area (Å²) in [4.78, 5) is 21.4. The minimum Gasteiger partial charge on any atom is -0.399 e. The van der Waals surface area contributed by atoms with Crippen molar-refractivity contribution in [2.45, 2.75) is 32.7 Å². The van der Waals surface area contributed by atoms with Gasteiger partial charge in [-0.2, -0.15) is 0 Å². The zero-order valence-electron chi connectivity index (χ0n) is 11.8. The van der Waals surface area contributed by atoms with Crippen molar-refractivity contribution in [1.82, 2.24) is 9.97 Å². The largest absolute Gasteiger partial charge is 0.399 e. The SMILES string of the molecule is CCC(C)(C)N(C)c1nc2ccc(N)cc2c(=O)[nH]1. The molecule has 0 saturated carbocycles. The molecule has 0 saturated heterocycles. The molecule has 0 spiro atoms. The molecule has 1 aromatic heterocycles. The molecule has 19 heavy (non-hydrogen) atoms. The summed E-state index contributed by atoms with van der Waals surface area (Å²) in [6, 6.07) is 5.18. The average Bonchev–Trinajstić information content (AvgIpc) is 2.38. The van der Waals surface area contributed by atoms with E-state index in [1.807, 2.05) is 11.9 Å². The minimum absolute atomic E-state index is 0.0720. The Morgan fingerprint density at radius 2 is 2.11 bits per heavy atom. The molecule has 0 bridgehead atoms. The van der Waals surface area contributed by atoms with Crippen LogP contribution >= 0.6 is 0 Å². The van der Waals surface area contributed by atoms with Gasteiger partial charge in [-0.05, 0) is 38.5 Å². The fourth-order valence-corrected chi connectivity index (χ4v) is 1.83. The van der Waals surface area contributed by atoms with Crippen molar-refractivity contribution in [2.24, 2.45) is 0 Å². The number of hydrogen-bond donors (Lipinski definition) is 2. The van der Waals surface area contributed by atoms with Crippen LogP contribution < -0.4 is 16.2 Å². The summed E-state index contributed by atoms with van der Waals surface area (Å²) in [5.74, 6) is 0.578. The topological polar surface area (TPSA) is 75.0 Å². The number of aromatic nitrogens is 2. The Labute approximate surface area is 112 Å². The van der Waals surface area contributed by atoms with Gasteiger partial charge >= 0.3 is 0 Å². The Morgan fingerprint density at radius 3 is 2.74 bits per heavy atom. The molecular weight excluding hydrogens is 240 g/mol. The minimum atomic E-state index is -0.161. The maximum atomic E-state index is 12.1. The van der Waals surface area contributed by atoms with E-state index in [2.05, 4.69) is 30.7 Å². The highest BCUT2D eigenvalue weighted by molar-refractivity contribution is 5.81. The van der Waals surface area contributed by atoms with Crippen molar-refractivity contribution in [1.29, 1.82) is 0 Å². The number of benzene rings is 1. The fraction of sp³-hybridized carbons (Fsp3) is 0.429. The molecule has 0 radical (unpaired) electrons. The Bertz CT molecular complexity index is 660. The lowest BCUT2D eigenvalue weighted by Gasteiger charge is -2.35. The number of nitrogens with zero attached hydrogens (tertiary/aromatic N) is 2. The first kappa shape index (κ1) is 13.4. The smallest absolute Gasteiger partial charge is 0.260 e. The van der Waals surface area contributed by atoms with Gasteiger partial charge in [0.1, 0.15) is 0 Å². The highest BCUT2D eigenvalue weighted by atomic mass is 16.1. The molecule has 0 aliphatic carbocycles. The normalized spacial score (nSPS) is 11.8. The number of hydrogen-bond acceptors (Lipinski definition) is 4. The number of fused-ring (bicyclic) bond motifs is 1. The number of aromatic amines is 1. The monoisotopic (exact) mass is 260 g/mol. The lowest BCUT2D eigenvalue weighted by atomic mass is 10.0. The van der Waals surface area contributed by atoms with Gasteiger partial charge in [-0.1, -0.05) is 6.92 Å².